The molecule has 10 heteroatoms. The average Bonchev–Trinajstić information content (AvgIpc) is 2.61. The molecule has 150 valence electrons. The predicted molar refractivity (Wildman–Crippen MR) is 108 cm³/mol. The van der Waals surface area contributed by atoms with Gasteiger partial charge in [-0.05, 0) is 35.7 Å². The second-order valence-corrected chi connectivity index (χ2v) is 7.19. The van der Waals surface area contributed by atoms with Crippen molar-refractivity contribution in [2.45, 2.75) is 6.92 Å². The van der Waals surface area contributed by atoms with Gasteiger partial charge in [-0.25, -0.2) is 9.52 Å². The molecule has 0 heterocycles. The Hall–Kier alpha value is -3.63. The summed E-state index contributed by atoms with van der Waals surface area (Å²) in [7, 11) is -4.68. The molecule has 0 saturated heterocycles. The second kappa shape index (κ2) is 8.17. The van der Waals surface area contributed by atoms with Crippen molar-refractivity contribution in [1.82, 2.24) is 4.72 Å². The van der Waals surface area contributed by atoms with E-state index in [1.165, 1.54) is 17.7 Å². The number of urea groups is 1. The maximum atomic E-state index is 11.7. The molecule has 0 aliphatic rings. The maximum Gasteiger partial charge on any atom is 0.361 e. The smallest absolute Gasteiger partial charge is 0.361 e. The number of carbonyl (C=O) groups excluding carboxylic acids is 2. The number of carbonyl (C=O) groups is 2. The van der Waals surface area contributed by atoms with E-state index < -0.39 is 16.3 Å². The van der Waals surface area contributed by atoms with Crippen molar-refractivity contribution in [2.75, 3.05) is 10.6 Å². The molecule has 0 radical (unpaired) electrons. The number of ether oxygens (including phenoxy) is 1. The van der Waals surface area contributed by atoms with Gasteiger partial charge in [-0.15, -0.1) is 0 Å². The largest absolute Gasteiger partial charge is 0.457 e. The minimum atomic E-state index is -4.68. The lowest BCUT2D eigenvalue weighted by atomic mass is 10.1. The second-order valence-electron chi connectivity index (χ2n) is 6.03. The van der Waals surface area contributed by atoms with E-state index in [1.54, 1.807) is 42.5 Å². The first-order valence-corrected chi connectivity index (χ1v) is 9.78. The SMILES string of the molecule is CC(=O)Nc1ccc(Oc2cc(NC(=O)NS(=O)(=O)O)cc3ccccc23)cc1. The van der Waals surface area contributed by atoms with Crippen molar-refractivity contribution in [3.05, 3.63) is 60.7 Å². The maximum absolute atomic E-state index is 11.7. The highest BCUT2D eigenvalue weighted by Gasteiger charge is 2.12. The number of hydrogen-bond donors (Lipinski definition) is 4. The fourth-order valence-corrected chi connectivity index (χ4v) is 2.93. The van der Waals surface area contributed by atoms with E-state index in [0.29, 0.717) is 17.2 Å². The number of benzene rings is 3. The van der Waals surface area contributed by atoms with Crippen molar-refractivity contribution < 1.29 is 27.3 Å². The zero-order valence-electron chi connectivity index (χ0n) is 15.2. The fourth-order valence-electron chi connectivity index (χ4n) is 2.64. The summed E-state index contributed by atoms with van der Waals surface area (Å²) in [6, 6.07) is 16.0. The van der Waals surface area contributed by atoms with Crippen molar-refractivity contribution in [3.8, 4) is 11.5 Å². The molecule has 3 aromatic rings. The molecule has 0 aromatic heterocycles. The summed E-state index contributed by atoms with van der Waals surface area (Å²) in [4.78, 5) is 22.8. The topological polar surface area (TPSA) is 134 Å². The molecule has 4 N–H and O–H groups in total. The Balaban J connectivity index is 1.90. The summed E-state index contributed by atoms with van der Waals surface area (Å²) in [6.07, 6.45) is 0. The van der Waals surface area contributed by atoms with Gasteiger partial charge in [0.05, 0.1) is 0 Å². The van der Waals surface area contributed by atoms with E-state index in [4.69, 9.17) is 9.29 Å². The van der Waals surface area contributed by atoms with Crippen LogP contribution in [0.1, 0.15) is 6.92 Å². The molecule has 9 nitrogen and oxygen atoms in total. The molecule has 0 aliphatic carbocycles. The zero-order chi connectivity index (χ0) is 21.0. The summed E-state index contributed by atoms with van der Waals surface area (Å²) < 4.78 is 37.6. The van der Waals surface area contributed by atoms with Crippen LogP contribution in [0.5, 0.6) is 11.5 Å². The number of fused-ring (bicyclic) bond motifs is 1. The minimum Gasteiger partial charge on any atom is -0.457 e. The van der Waals surface area contributed by atoms with E-state index in [2.05, 4.69) is 10.6 Å². The minimum absolute atomic E-state index is 0.188. The number of anilines is 2. The first-order chi connectivity index (χ1) is 13.7. The standard InChI is InChI=1S/C19H17N3O6S/c1-12(23)20-14-6-8-16(9-7-14)28-18-11-15(21-19(24)22-29(25,26)27)10-13-4-2-3-5-17(13)18/h2-11H,1H3,(H,20,23)(H2,21,22,24)(H,25,26,27). The first kappa shape index (κ1) is 20.1. The lowest BCUT2D eigenvalue weighted by Gasteiger charge is -2.13. The van der Waals surface area contributed by atoms with E-state index in [1.807, 2.05) is 12.1 Å². The fraction of sp³-hybridized carbons (Fsp3) is 0.0526. The Morgan fingerprint density at radius 1 is 0.931 bits per heavy atom. The van der Waals surface area contributed by atoms with E-state index >= 15 is 0 Å². The third-order valence-electron chi connectivity index (χ3n) is 3.71. The van der Waals surface area contributed by atoms with Gasteiger partial charge in [0.25, 0.3) is 0 Å². The quantitative estimate of drug-likeness (QED) is 0.471. The highest BCUT2D eigenvalue weighted by atomic mass is 32.2. The summed E-state index contributed by atoms with van der Waals surface area (Å²) in [5.74, 6) is 0.716. The van der Waals surface area contributed by atoms with Crippen molar-refractivity contribution in [1.29, 1.82) is 0 Å². The molecule has 29 heavy (non-hydrogen) atoms. The van der Waals surface area contributed by atoms with Gasteiger partial charge >= 0.3 is 16.3 Å². The van der Waals surface area contributed by atoms with Gasteiger partial charge in [-0.2, -0.15) is 8.42 Å². The van der Waals surface area contributed by atoms with Gasteiger partial charge < -0.3 is 15.4 Å². The number of hydrogen-bond acceptors (Lipinski definition) is 5. The summed E-state index contributed by atoms with van der Waals surface area (Å²) in [6.45, 7) is 1.41. The molecule has 0 spiro atoms. The van der Waals surface area contributed by atoms with Crippen LogP contribution in [-0.4, -0.2) is 24.9 Å². The van der Waals surface area contributed by atoms with Crippen LogP contribution in [0.4, 0.5) is 16.2 Å². The van der Waals surface area contributed by atoms with Crippen molar-refractivity contribution in [3.63, 3.8) is 0 Å². The van der Waals surface area contributed by atoms with Gasteiger partial charge in [0.2, 0.25) is 5.91 Å². The number of amides is 3. The number of nitrogens with one attached hydrogen (secondary N) is 3. The Labute approximate surface area is 166 Å². The Bertz CT molecular complexity index is 1180. The van der Waals surface area contributed by atoms with Crippen LogP contribution < -0.4 is 20.1 Å². The normalized spacial score (nSPS) is 11.0. The van der Waals surface area contributed by atoms with Gasteiger partial charge in [0.1, 0.15) is 11.5 Å². The Morgan fingerprint density at radius 3 is 2.28 bits per heavy atom. The molecule has 0 saturated carbocycles. The molecule has 0 unspecified atom stereocenters. The highest BCUT2D eigenvalue weighted by molar-refractivity contribution is 7.84. The molecular weight excluding hydrogens is 398 g/mol. The molecule has 3 amide bonds. The summed E-state index contributed by atoms with van der Waals surface area (Å²) >= 11 is 0. The lowest BCUT2D eigenvalue weighted by molar-refractivity contribution is -0.114. The van der Waals surface area contributed by atoms with E-state index in [9.17, 15) is 18.0 Å². The van der Waals surface area contributed by atoms with E-state index in [-0.39, 0.29) is 11.6 Å². The molecule has 3 rings (SSSR count). The third-order valence-corrected chi connectivity index (χ3v) is 4.15. The van der Waals surface area contributed by atoms with Crippen LogP contribution in [0.2, 0.25) is 0 Å². The van der Waals surface area contributed by atoms with Gasteiger partial charge in [-0.1, -0.05) is 24.3 Å². The van der Waals surface area contributed by atoms with E-state index in [0.717, 1.165) is 10.8 Å². The zero-order valence-corrected chi connectivity index (χ0v) is 16.0. The average molecular weight is 415 g/mol. The number of rotatable bonds is 5. The lowest BCUT2D eigenvalue weighted by Crippen LogP contribution is -2.33. The Kier molecular flexibility index (Phi) is 5.66. The van der Waals surface area contributed by atoms with Crippen LogP contribution in [0.25, 0.3) is 10.8 Å². The first-order valence-electron chi connectivity index (χ1n) is 8.34. The molecule has 3 aromatic carbocycles. The molecule has 0 fully saturated rings. The van der Waals surface area contributed by atoms with Gasteiger partial charge in [0, 0.05) is 29.8 Å². The highest BCUT2D eigenvalue weighted by Crippen LogP contribution is 2.33. The summed E-state index contributed by atoms with van der Waals surface area (Å²) in [5.41, 5.74) is 0.877. The molecule has 0 bridgehead atoms. The van der Waals surface area contributed by atoms with Gasteiger partial charge in [-0.3, -0.25) is 9.35 Å². The monoisotopic (exact) mass is 415 g/mol. The molecular formula is C19H17N3O6S. The third kappa shape index (κ3) is 5.67. The molecule has 0 atom stereocenters. The van der Waals surface area contributed by atoms with Crippen LogP contribution in [0.3, 0.4) is 0 Å². The van der Waals surface area contributed by atoms with Crippen LogP contribution in [-0.2, 0) is 15.1 Å². The van der Waals surface area contributed by atoms with Gasteiger partial charge in [0.15, 0.2) is 0 Å². The van der Waals surface area contributed by atoms with Crippen molar-refractivity contribution >= 4 is 44.4 Å². The van der Waals surface area contributed by atoms with Crippen LogP contribution in [0, 0.1) is 0 Å². The Morgan fingerprint density at radius 2 is 1.62 bits per heavy atom. The predicted octanol–water partition coefficient (Wildman–Crippen LogP) is 3.51. The van der Waals surface area contributed by atoms with Crippen LogP contribution >= 0.6 is 0 Å². The summed E-state index contributed by atoms with van der Waals surface area (Å²) in [5, 5.41) is 6.49. The van der Waals surface area contributed by atoms with Crippen LogP contribution in [0.15, 0.2) is 60.7 Å². The van der Waals surface area contributed by atoms with Crippen molar-refractivity contribution in [2.24, 2.45) is 0 Å². The molecule has 0 aliphatic heterocycles.